The molecule has 3 nitrogen and oxygen atoms in total. The molecule has 0 saturated carbocycles. The lowest BCUT2D eigenvalue weighted by atomic mass is 9.89. The van der Waals surface area contributed by atoms with E-state index in [2.05, 4.69) is 5.32 Å². The van der Waals surface area contributed by atoms with Crippen LogP contribution in [0.25, 0.3) is 0 Å². The summed E-state index contributed by atoms with van der Waals surface area (Å²) in [5.41, 5.74) is 6.47. The average Bonchev–Trinajstić information content (AvgIpc) is 2.68. The first kappa shape index (κ1) is 13.0. The van der Waals surface area contributed by atoms with E-state index in [1.807, 2.05) is 13.8 Å². The Kier molecular flexibility index (Phi) is 3.39. The van der Waals surface area contributed by atoms with Crippen LogP contribution in [0.3, 0.4) is 0 Å². The molecule has 2 atom stereocenters. The number of nitrogens with one attached hydrogen (secondary N) is 1. The van der Waals surface area contributed by atoms with Gasteiger partial charge >= 0.3 is 0 Å². The molecule has 1 aromatic rings. The molecular formula is C14H19FN2O. The summed E-state index contributed by atoms with van der Waals surface area (Å²) < 4.78 is 13.2. The number of hydrogen-bond donors (Lipinski definition) is 2. The van der Waals surface area contributed by atoms with Gasteiger partial charge in [-0.25, -0.2) is 4.39 Å². The van der Waals surface area contributed by atoms with Gasteiger partial charge in [0.25, 0.3) is 0 Å². The summed E-state index contributed by atoms with van der Waals surface area (Å²) in [6, 6.07) is 4.75. The lowest BCUT2D eigenvalue weighted by Gasteiger charge is -2.31. The van der Waals surface area contributed by atoms with Gasteiger partial charge < -0.3 is 5.73 Å². The van der Waals surface area contributed by atoms with Crippen molar-refractivity contribution in [3.8, 4) is 0 Å². The third kappa shape index (κ3) is 2.01. The molecule has 0 fully saturated rings. The van der Waals surface area contributed by atoms with E-state index >= 15 is 0 Å². The van der Waals surface area contributed by atoms with Crippen molar-refractivity contribution in [2.75, 3.05) is 0 Å². The van der Waals surface area contributed by atoms with E-state index in [9.17, 15) is 9.18 Å². The maximum atomic E-state index is 13.2. The molecule has 18 heavy (non-hydrogen) atoms. The monoisotopic (exact) mass is 250 g/mol. The summed E-state index contributed by atoms with van der Waals surface area (Å²) in [5, 5.41) is 3.32. The molecule has 0 spiro atoms. The van der Waals surface area contributed by atoms with E-state index in [4.69, 9.17) is 5.73 Å². The molecule has 0 aromatic heterocycles. The Bertz CT molecular complexity index is 475. The number of fused-ring (bicyclic) bond motifs is 1. The zero-order chi connectivity index (χ0) is 13.3. The van der Waals surface area contributed by atoms with E-state index in [1.165, 1.54) is 12.1 Å². The number of benzene rings is 1. The molecule has 1 aliphatic carbocycles. The topological polar surface area (TPSA) is 55.1 Å². The van der Waals surface area contributed by atoms with Crippen LogP contribution in [0.15, 0.2) is 18.2 Å². The van der Waals surface area contributed by atoms with Crippen LogP contribution in [0, 0.1) is 5.82 Å². The van der Waals surface area contributed by atoms with Crippen LogP contribution >= 0.6 is 0 Å². The summed E-state index contributed by atoms with van der Waals surface area (Å²) in [6.07, 6.45) is 2.19. The Labute approximate surface area is 107 Å². The zero-order valence-electron chi connectivity index (χ0n) is 10.8. The minimum atomic E-state index is -0.835. The summed E-state index contributed by atoms with van der Waals surface area (Å²) in [6.45, 7) is 4.07. The molecule has 0 heterocycles. The average molecular weight is 250 g/mol. The maximum absolute atomic E-state index is 13.2. The second-order valence-corrected chi connectivity index (χ2v) is 5.02. The molecule has 1 aromatic carbocycles. The van der Waals surface area contributed by atoms with Crippen LogP contribution in [-0.2, 0) is 16.8 Å². The molecule has 98 valence electrons. The second-order valence-electron chi connectivity index (χ2n) is 5.02. The van der Waals surface area contributed by atoms with Gasteiger partial charge in [0.2, 0.25) is 5.91 Å². The number of rotatable bonds is 4. The highest BCUT2D eigenvalue weighted by Gasteiger charge is 2.44. The van der Waals surface area contributed by atoms with Gasteiger partial charge in [-0.15, -0.1) is 0 Å². The largest absolute Gasteiger partial charge is 0.368 e. The quantitative estimate of drug-likeness (QED) is 0.856. The Morgan fingerprint density at radius 2 is 2.33 bits per heavy atom. The van der Waals surface area contributed by atoms with E-state index in [0.29, 0.717) is 12.8 Å². The molecule has 2 rings (SSSR count). The second kappa shape index (κ2) is 4.69. The van der Waals surface area contributed by atoms with Crippen molar-refractivity contribution in [1.29, 1.82) is 0 Å². The van der Waals surface area contributed by atoms with Crippen LogP contribution in [0.2, 0.25) is 0 Å². The minimum Gasteiger partial charge on any atom is -0.368 e. The van der Waals surface area contributed by atoms with Gasteiger partial charge in [0.15, 0.2) is 0 Å². The summed E-state index contributed by atoms with van der Waals surface area (Å²) in [7, 11) is 0. The highest BCUT2D eigenvalue weighted by atomic mass is 19.1. The Hall–Kier alpha value is -1.42. The Balaban J connectivity index is 2.44. The number of carbonyl (C=O) groups excluding carboxylic acids is 1. The van der Waals surface area contributed by atoms with E-state index < -0.39 is 5.54 Å². The Morgan fingerprint density at radius 3 is 2.94 bits per heavy atom. The van der Waals surface area contributed by atoms with Gasteiger partial charge in [-0.3, -0.25) is 10.1 Å². The Morgan fingerprint density at radius 1 is 1.61 bits per heavy atom. The summed E-state index contributed by atoms with van der Waals surface area (Å²) in [5.74, 6) is -0.647. The van der Waals surface area contributed by atoms with Crippen LogP contribution in [0.5, 0.6) is 0 Å². The van der Waals surface area contributed by atoms with Gasteiger partial charge in [0.05, 0.1) is 0 Å². The first-order chi connectivity index (χ1) is 8.49. The van der Waals surface area contributed by atoms with Gasteiger partial charge in [-0.05, 0) is 49.4 Å². The predicted molar refractivity (Wildman–Crippen MR) is 68.5 cm³/mol. The molecular weight excluding hydrogens is 231 g/mol. The molecule has 1 amide bonds. The first-order valence-corrected chi connectivity index (χ1v) is 6.36. The number of carbonyl (C=O) groups is 1. The van der Waals surface area contributed by atoms with E-state index in [1.54, 1.807) is 6.07 Å². The number of aryl methyl sites for hydroxylation is 1. The number of amides is 1. The molecule has 1 aliphatic rings. The lowest BCUT2D eigenvalue weighted by Crippen LogP contribution is -2.54. The zero-order valence-corrected chi connectivity index (χ0v) is 10.8. The third-order valence-corrected chi connectivity index (χ3v) is 3.82. The summed E-state index contributed by atoms with van der Waals surface area (Å²) in [4.78, 5) is 11.9. The molecule has 4 heteroatoms. The fourth-order valence-corrected chi connectivity index (χ4v) is 2.64. The van der Waals surface area contributed by atoms with Crippen molar-refractivity contribution in [2.45, 2.75) is 44.7 Å². The van der Waals surface area contributed by atoms with Crippen LogP contribution in [-0.4, -0.2) is 11.9 Å². The molecule has 2 unspecified atom stereocenters. The fraction of sp³-hybridized carbons (Fsp3) is 0.500. The van der Waals surface area contributed by atoms with Crippen LogP contribution in [0.1, 0.15) is 37.8 Å². The molecule has 0 saturated heterocycles. The van der Waals surface area contributed by atoms with Gasteiger partial charge in [-0.1, -0.05) is 13.0 Å². The van der Waals surface area contributed by atoms with Crippen LogP contribution in [0.4, 0.5) is 4.39 Å². The van der Waals surface area contributed by atoms with Crippen molar-refractivity contribution in [2.24, 2.45) is 5.73 Å². The molecule has 0 bridgehead atoms. The lowest BCUT2D eigenvalue weighted by molar-refractivity contribution is -0.125. The van der Waals surface area contributed by atoms with E-state index in [-0.39, 0.29) is 17.8 Å². The standard InChI is InChI=1S/C14H19FN2O/c1-3-9(2)17-14(13(16)18)7-6-10-8-11(15)4-5-12(10)14/h4-5,8-9,17H,3,6-7H2,1-2H3,(H2,16,18). The van der Waals surface area contributed by atoms with Crippen molar-refractivity contribution in [3.63, 3.8) is 0 Å². The minimum absolute atomic E-state index is 0.188. The van der Waals surface area contributed by atoms with Crippen molar-refractivity contribution < 1.29 is 9.18 Å². The number of primary amides is 1. The molecule has 0 radical (unpaired) electrons. The highest BCUT2D eigenvalue weighted by Crippen LogP contribution is 2.37. The normalized spacial score (nSPS) is 23.7. The maximum Gasteiger partial charge on any atom is 0.242 e. The van der Waals surface area contributed by atoms with Gasteiger partial charge in [0, 0.05) is 6.04 Å². The fourth-order valence-electron chi connectivity index (χ4n) is 2.64. The number of hydrogen-bond acceptors (Lipinski definition) is 2. The SMILES string of the molecule is CCC(C)NC1(C(N)=O)CCc2cc(F)ccc21. The molecule has 3 N–H and O–H groups in total. The highest BCUT2D eigenvalue weighted by molar-refractivity contribution is 5.87. The van der Waals surface area contributed by atoms with Crippen LogP contribution < -0.4 is 11.1 Å². The predicted octanol–water partition coefficient (Wildman–Crippen LogP) is 1.84. The van der Waals surface area contributed by atoms with Gasteiger partial charge in [0.1, 0.15) is 11.4 Å². The van der Waals surface area contributed by atoms with Gasteiger partial charge in [-0.2, -0.15) is 0 Å². The number of nitrogens with two attached hydrogens (primary N) is 1. The third-order valence-electron chi connectivity index (χ3n) is 3.82. The van der Waals surface area contributed by atoms with Crippen molar-refractivity contribution in [3.05, 3.63) is 35.1 Å². The van der Waals surface area contributed by atoms with Crippen molar-refractivity contribution in [1.82, 2.24) is 5.32 Å². The van der Waals surface area contributed by atoms with E-state index in [0.717, 1.165) is 17.5 Å². The number of halogens is 1. The van der Waals surface area contributed by atoms with Crippen molar-refractivity contribution >= 4 is 5.91 Å². The molecule has 0 aliphatic heterocycles. The first-order valence-electron chi connectivity index (χ1n) is 6.36. The smallest absolute Gasteiger partial charge is 0.242 e. The summed E-state index contributed by atoms with van der Waals surface area (Å²) >= 11 is 0.